The summed E-state index contributed by atoms with van der Waals surface area (Å²) in [5, 5.41) is 14.7. The molecule has 0 aliphatic carbocycles. The molecule has 0 saturated carbocycles. The van der Waals surface area contributed by atoms with Gasteiger partial charge in [-0.2, -0.15) is 5.10 Å². The number of carbonyl (C=O) groups is 1. The van der Waals surface area contributed by atoms with Crippen LogP contribution in [-0.4, -0.2) is 24.5 Å². The topological polar surface area (TPSA) is 118 Å². The van der Waals surface area contributed by atoms with E-state index in [4.69, 9.17) is 5.14 Å². The van der Waals surface area contributed by atoms with E-state index in [1.54, 1.807) is 13.8 Å². The number of benzene rings is 1. The fraction of sp³-hybridized carbons (Fsp3) is 0.333. The van der Waals surface area contributed by atoms with Gasteiger partial charge in [0.2, 0.25) is 10.0 Å². The third-order valence-corrected chi connectivity index (χ3v) is 5.44. The number of sulfonamides is 1. The molecule has 0 atom stereocenters. The van der Waals surface area contributed by atoms with Crippen LogP contribution in [0.5, 0.6) is 0 Å². The van der Waals surface area contributed by atoms with Gasteiger partial charge in [-0.3, -0.25) is 9.89 Å². The Hall–Kier alpha value is -1.71. The molecule has 0 unspecified atom stereocenters. The Morgan fingerprint density at radius 2 is 1.96 bits per heavy atom. The van der Waals surface area contributed by atoms with E-state index in [0.29, 0.717) is 15.7 Å². The van der Waals surface area contributed by atoms with Gasteiger partial charge in [0.05, 0.1) is 15.1 Å². The van der Waals surface area contributed by atoms with Gasteiger partial charge in [0, 0.05) is 5.69 Å². The second kappa shape index (κ2) is 6.66. The van der Waals surface area contributed by atoms with Crippen molar-refractivity contribution >= 4 is 37.5 Å². The lowest BCUT2D eigenvalue weighted by Crippen LogP contribution is -2.17. The standard InChI is InChI=1S/C15H19BrN4O3S/c1-7(2)13-12(16)14(20-19-13)15(21)18-11-6-10(24(17,22)23)5-8(3)9(11)4/h5-7H,1-4H3,(H,18,21)(H,19,20)(H2,17,22,23). The molecule has 9 heteroatoms. The van der Waals surface area contributed by atoms with Crippen LogP contribution in [0.2, 0.25) is 0 Å². The molecule has 2 aromatic rings. The lowest BCUT2D eigenvalue weighted by Gasteiger charge is -2.12. The van der Waals surface area contributed by atoms with Crippen molar-refractivity contribution in [2.75, 3.05) is 5.32 Å². The molecule has 0 aliphatic rings. The average Bonchev–Trinajstić information content (AvgIpc) is 2.84. The van der Waals surface area contributed by atoms with Gasteiger partial charge in [0.1, 0.15) is 0 Å². The molecule has 1 heterocycles. The summed E-state index contributed by atoms with van der Waals surface area (Å²) in [6.07, 6.45) is 0. The fourth-order valence-corrected chi connectivity index (χ4v) is 3.62. The molecule has 0 fully saturated rings. The van der Waals surface area contributed by atoms with Crippen molar-refractivity contribution in [1.29, 1.82) is 0 Å². The molecule has 4 N–H and O–H groups in total. The van der Waals surface area contributed by atoms with E-state index >= 15 is 0 Å². The van der Waals surface area contributed by atoms with Crippen LogP contribution in [0.25, 0.3) is 0 Å². The van der Waals surface area contributed by atoms with E-state index in [2.05, 4.69) is 31.4 Å². The first-order valence-electron chi connectivity index (χ1n) is 7.21. The highest BCUT2D eigenvalue weighted by atomic mass is 79.9. The smallest absolute Gasteiger partial charge is 0.277 e. The minimum absolute atomic E-state index is 0.0511. The molecule has 1 aromatic carbocycles. The maximum atomic E-state index is 12.5. The van der Waals surface area contributed by atoms with Crippen LogP contribution in [0.1, 0.15) is 47.1 Å². The number of nitrogens with two attached hydrogens (primary N) is 1. The number of aromatic amines is 1. The van der Waals surface area contributed by atoms with Crippen LogP contribution < -0.4 is 10.5 Å². The molecule has 0 bridgehead atoms. The van der Waals surface area contributed by atoms with Crippen molar-refractivity contribution in [3.05, 3.63) is 39.1 Å². The second-order valence-electron chi connectivity index (χ2n) is 5.87. The van der Waals surface area contributed by atoms with Gasteiger partial charge in [0.25, 0.3) is 5.91 Å². The maximum absolute atomic E-state index is 12.5. The quantitative estimate of drug-likeness (QED) is 0.712. The van der Waals surface area contributed by atoms with Gasteiger partial charge in [-0.1, -0.05) is 13.8 Å². The van der Waals surface area contributed by atoms with Crippen LogP contribution in [-0.2, 0) is 10.0 Å². The van der Waals surface area contributed by atoms with E-state index in [-0.39, 0.29) is 16.5 Å². The Morgan fingerprint density at radius 3 is 2.46 bits per heavy atom. The number of amides is 1. The lowest BCUT2D eigenvalue weighted by molar-refractivity contribution is 0.102. The molecule has 1 aromatic heterocycles. The summed E-state index contributed by atoms with van der Waals surface area (Å²) in [6.45, 7) is 7.49. The number of aryl methyl sites for hydroxylation is 1. The summed E-state index contributed by atoms with van der Waals surface area (Å²) in [5.74, 6) is -0.276. The minimum atomic E-state index is -3.86. The van der Waals surface area contributed by atoms with Gasteiger partial charge in [-0.05, 0) is 59.0 Å². The predicted octanol–water partition coefficient (Wildman–Crippen LogP) is 2.81. The minimum Gasteiger partial charge on any atom is -0.320 e. The Bertz CT molecular complexity index is 904. The van der Waals surface area contributed by atoms with Crippen molar-refractivity contribution in [3.8, 4) is 0 Å². The van der Waals surface area contributed by atoms with E-state index < -0.39 is 15.9 Å². The maximum Gasteiger partial charge on any atom is 0.277 e. The van der Waals surface area contributed by atoms with Crippen molar-refractivity contribution in [2.24, 2.45) is 5.14 Å². The SMILES string of the molecule is Cc1cc(S(N)(=O)=O)cc(NC(=O)c2n[nH]c(C(C)C)c2Br)c1C. The van der Waals surface area contributed by atoms with E-state index in [0.717, 1.165) is 11.3 Å². The van der Waals surface area contributed by atoms with Crippen LogP contribution in [0.3, 0.4) is 0 Å². The largest absolute Gasteiger partial charge is 0.320 e. The molecule has 0 spiro atoms. The third kappa shape index (κ3) is 3.68. The zero-order valence-electron chi connectivity index (χ0n) is 13.8. The first-order chi connectivity index (χ1) is 11.0. The number of hydrogen-bond donors (Lipinski definition) is 3. The van der Waals surface area contributed by atoms with Crippen molar-refractivity contribution in [3.63, 3.8) is 0 Å². The predicted molar refractivity (Wildman–Crippen MR) is 95.6 cm³/mol. The lowest BCUT2D eigenvalue weighted by atomic mass is 10.1. The zero-order chi connectivity index (χ0) is 18.2. The van der Waals surface area contributed by atoms with E-state index in [1.165, 1.54) is 12.1 Å². The van der Waals surface area contributed by atoms with Crippen molar-refractivity contribution in [2.45, 2.75) is 38.5 Å². The average molecular weight is 415 g/mol. The first kappa shape index (κ1) is 18.6. The molecule has 0 aliphatic heterocycles. The van der Waals surface area contributed by atoms with Gasteiger partial charge in [-0.25, -0.2) is 13.6 Å². The summed E-state index contributed by atoms with van der Waals surface area (Å²) in [4.78, 5) is 12.4. The first-order valence-corrected chi connectivity index (χ1v) is 9.55. The molecule has 130 valence electrons. The zero-order valence-corrected chi connectivity index (χ0v) is 16.2. The van der Waals surface area contributed by atoms with E-state index in [1.807, 2.05) is 13.8 Å². The number of halogens is 1. The van der Waals surface area contributed by atoms with Gasteiger partial charge >= 0.3 is 0 Å². The number of hydrogen-bond acceptors (Lipinski definition) is 4. The number of anilines is 1. The molecule has 2 rings (SSSR count). The molecule has 1 amide bonds. The Labute approximate surface area is 149 Å². The molecule has 24 heavy (non-hydrogen) atoms. The highest BCUT2D eigenvalue weighted by molar-refractivity contribution is 9.10. The Kier molecular flexibility index (Phi) is 5.17. The molecular weight excluding hydrogens is 396 g/mol. The van der Waals surface area contributed by atoms with Crippen LogP contribution in [0, 0.1) is 13.8 Å². The van der Waals surface area contributed by atoms with Gasteiger partial charge in [-0.15, -0.1) is 0 Å². The third-order valence-electron chi connectivity index (χ3n) is 3.74. The number of nitrogens with one attached hydrogen (secondary N) is 2. The highest BCUT2D eigenvalue weighted by Crippen LogP contribution is 2.28. The number of rotatable bonds is 4. The number of H-pyrrole nitrogens is 1. The van der Waals surface area contributed by atoms with E-state index in [9.17, 15) is 13.2 Å². The molecular formula is C15H19BrN4O3S. The summed E-state index contributed by atoms with van der Waals surface area (Å²) in [7, 11) is -3.86. The Morgan fingerprint density at radius 1 is 1.33 bits per heavy atom. The Balaban J connectivity index is 2.41. The normalized spacial score (nSPS) is 11.8. The number of primary sulfonamides is 1. The number of aromatic nitrogens is 2. The van der Waals surface area contributed by atoms with Crippen molar-refractivity contribution < 1.29 is 13.2 Å². The van der Waals surface area contributed by atoms with Crippen molar-refractivity contribution in [1.82, 2.24) is 10.2 Å². The molecule has 7 nitrogen and oxygen atoms in total. The molecule has 0 radical (unpaired) electrons. The number of nitrogens with zero attached hydrogens (tertiary/aromatic N) is 1. The van der Waals surface area contributed by atoms with Gasteiger partial charge < -0.3 is 5.32 Å². The van der Waals surface area contributed by atoms with Gasteiger partial charge in [0.15, 0.2) is 5.69 Å². The summed E-state index contributed by atoms with van der Waals surface area (Å²) in [5.41, 5.74) is 2.86. The monoisotopic (exact) mass is 414 g/mol. The van der Waals surface area contributed by atoms with Crippen LogP contribution in [0.15, 0.2) is 21.5 Å². The number of carbonyl (C=O) groups excluding carboxylic acids is 1. The summed E-state index contributed by atoms with van der Waals surface area (Å²) >= 11 is 3.37. The highest BCUT2D eigenvalue weighted by Gasteiger charge is 2.21. The summed E-state index contributed by atoms with van der Waals surface area (Å²) < 4.78 is 23.7. The fourth-order valence-electron chi connectivity index (χ4n) is 2.18. The molecule has 0 saturated heterocycles. The van der Waals surface area contributed by atoms with Crippen LogP contribution in [0.4, 0.5) is 5.69 Å². The van der Waals surface area contributed by atoms with Crippen LogP contribution >= 0.6 is 15.9 Å². The second-order valence-corrected chi connectivity index (χ2v) is 8.22. The summed E-state index contributed by atoms with van der Waals surface area (Å²) in [6, 6.07) is 2.82.